The smallest absolute Gasteiger partial charge is 0.254 e. The fraction of sp³-hybridized carbons (Fsp3) is 0.923. The van der Waals surface area contributed by atoms with E-state index in [0.717, 1.165) is 37.7 Å². The summed E-state index contributed by atoms with van der Waals surface area (Å²) >= 11 is 3.44. The summed E-state index contributed by atoms with van der Waals surface area (Å²) in [4.78, 5) is 14.7. The molecule has 98 valence electrons. The number of rotatable bonds is 5. The maximum atomic E-state index is 12.6. The predicted octanol–water partition coefficient (Wildman–Crippen LogP) is 2.72. The number of hydrogen-bond donors (Lipinski definition) is 0. The highest BCUT2D eigenvalue weighted by atomic mass is 79.9. The van der Waals surface area contributed by atoms with Crippen molar-refractivity contribution < 1.29 is 9.53 Å². The summed E-state index contributed by atoms with van der Waals surface area (Å²) in [6, 6.07) is 0.475. The van der Waals surface area contributed by atoms with E-state index in [1.807, 2.05) is 6.92 Å². The first kappa shape index (κ1) is 13.3. The van der Waals surface area contributed by atoms with E-state index in [1.165, 1.54) is 19.3 Å². The molecule has 1 amide bonds. The van der Waals surface area contributed by atoms with Crippen LogP contribution in [0.2, 0.25) is 0 Å². The van der Waals surface area contributed by atoms with Gasteiger partial charge in [-0.25, -0.2) is 0 Å². The van der Waals surface area contributed by atoms with Crippen molar-refractivity contribution >= 4 is 21.8 Å². The molecule has 1 aliphatic carbocycles. The van der Waals surface area contributed by atoms with E-state index in [0.29, 0.717) is 6.04 Å². The van der Waals surface area contributed by atoms with Crippen molar-refractivity contribution in [1.82, 2.24) is 4.90 Å². The summed E-state index contributed by atoms with van der Waals surface area (Å²) in [5, 5.41) is 0.959. The molecule has 2 rings (SSSR count). The van der Waals surface area contributed by atoms with Crippen molar-refractivity contribution in [2.45, 2.75) is 57.1 Å². The lowest BCUT2D eigenvalue weighted by Gasteiger charge is -2.41. The van der Waals surface area contributed by atoms with E-state index >= 15 is 0 Å². The normalized spacial score (nSPS) is 29.1. The average molecular weight is 304 g/mol. The Morgan fingerprint density at radius 2 is 2.24 bits per heavy atom. The predicted molar refractivity (Wildman–Crippen MR) is 71.4 cm³/mol. The van der Waals surface area contributed by atoms with E-state index in [2.05, 4.69) is 20.8 Å². The summed E-state index contributed by atoms with van der Waals surface area (Å²) < 4.78 is 5.68. The molecule has 1 atom stereocenters. The Bertz CT molecular complexity index is 273. The molecule has 0 bridgehead atoms. The number of hydrogen-bond acceptors (Lipinski definition) is 2. The van der Waals surface area contributed by atoms with E-state index in [-0.39, 0.29) is 5.91 Å². The minimum absolute atomic E-state index is 0.223. The second-order valence-corrected chi connectivity index (χ2v) is 6.10. The van der Waals surface area contributed by atoms with E-state index < -0.39 is 5.60 Å². The van der Waals surface area contributed by atoms with Crippen molar-refractivity contribution in [3.8, 4) is 0 Å². The van der Waals surface area contributed by atoms with Crippen molar-refractivity contribution in [1.29, 1.82) is 0 Å². The van der Waals surface area contributed by atoms with Crippen LogP contribution in [0.25, 0.3) is 0 Å². The standard InChI is InChI=1S/C13H22BrNO2/c1-13(7-3-10-17-13)12(16)15(9-4-8-14)11-5-2-6-11/h11H,2-10H2,1H3. The van der Waals surface area contributed by atoms with Gasteiger partial charge in [0.1, 0.15) is 5.60 Å². The summed E-state index contributed by atoms with van der Waals surface area (Å²) in [7, 11) is 0. The second-order valence-electron chi connectivity index (χ2n) is 5.31. The third-order valence-corrected chi connectivity index (χ3v) is 4.54. The topological polar surface area (TPSA) is 29.5 Å². The molecule has 1 unspecified atom stereocenters. The second kappa shape index (κ2) is 5.70. The molecule has 1 heterocycles. The highest BCUT2D eigenvalue weighted by molar-refractivity contribution is 9.09. The van der Waals surface area contributed by atoms with Gasteiger partial charge in [-0.1, -0.05) is 15.9 Å². The third kappa shape index (κ3) is 2.84. The van der Waals surface area contributed by atoms with Crippen LogP contribution < -0.4 is 0 Å². The fourth-order valence-corrected chi connectivity index (χ4v) is 2.88. The molecule has 1 saturated heterocycles. The maximum Gasteiger partial charge on any atom is 0.254 e. The molecule has 17 heavy (non-hydrogen) atoms. The molecule has 0 aromatic rings. The van der Waals surface area contributed by atoms with Gasteiger partial charge >= 0.3 is 0 Å². The molecule has 2 aliphatic rings. The fourth-order valence-electron chi connectivity index (χ4n) is 2.63. The molecular weight excluding hydrogens is 282 g/mol. The Morgan fingerprint density at radius 3 is 2.71 bits per heavy atom. The molecule has 4 heteroatoms. The van der Waals surface area contributed by atoms with Crippen LogP contribution in [0, 0.1) is 0 Å². The van der Waals surface area contributed by atoms with Crippen molar-refractivity contribution in [2.24, 2.45) is 0 Å². The first-order valence-electron chi connectivity index (χ1n) is 6.68. The Morgan fingerprint density at radius 1 is 1.47 bits per heavy atom. The van der Waals surface area contributed by atoms with Crippen LogP contribution in [-0.2, 0) is 9.53 Å². The van der Waals surface area contributed by atoms with Crippen LogP contribution in [0.1, 0.15) is 45.4 Å². The Kier molecular flexibility index (Phi) is 4.47. The van der Waals surface area contributed by atoms with Crippen LogP contribution in [-0.4, -0.2) is 40.9 Å². The zero-order valence-electron chi connectivity index (χ0n) is 10.6. The largest absolute Gasteiger partial charge is 0.365 e. The van der Waals surface area contributed by atoms with Crippen LogP contribution in [0.4, 0.5) is 0 Å². The number of alkyl halides is 1. The van der Waals surface area contributed by atoms with Gasteiger partial charge in [-0.2, -0.15) is 0 Å². The molecule has 3 nitrogen and oxygen atoms in total. The van der Waals surface area contributed by atoms with Gasteiger partial charge in [-0.15, -0.1) is 0 Å². The molecular formula is C13H22BrNO2. The summed E-state index contributed by atoms with van der Waals surface area (Å²) in [5.41, 5.74) is -0.540. The molecule has 0 aromatic carbocycles. The lowest BCUT2D eigenvalue weighted by Crippen LogP contribution is -2.53. The zero-order valence-corrected chi connectivity index (χ0v) is 12.2. The van der Waals surface area contributed by atoms with Gasteiger partial charge < -0.3 is 9.64 Å². The molecule has 0 aromatic heterocycles. The van der Waals surface area contributed by atoms with Crippen LogP contribution >= 0.6 is 15.9 Å². The Labute approximate surface area is 112 Å². The first-order valence-corrected chi connectivity index (χ1v) is 7.80. The first-order chi connectivity index (χ1) is 8.17. The number of ether oxygens (including phenoxy) is 1. The van der Waals surface area contributed by atoms with Crippen molar-refractivity contribution in [3.63, 3.8) is 0 Å². The number of carbonyl (C=O) groups excluding carboxylic acids is 1. The third-order valence-electron chi connectivity index (χ3n) is 3.98. The van der Waals surface area contributed by atoms with E-state index in [4.69, 9.17) is 4.74 Å². The quantitative estimate of drug-likeness (QED) is 0.731. The number of nitrogens with zero attached hydrogens (tertiary/aromatic N) is 1. The zero-order chi connectivity index (χ0) is 12.3. The lowest BCUT2D eigenvalue weighted by atomic mass is 9.89. The highest BCUT2D eigenvalue weighted by Crippen LogP contribution is 2.32. The minimum atomic E-state index is -0.540. The lowest BCUT2D eigenvalue weighted by molar-refractivity contribution is -0.155. The van der Waals surface area contributed by atoms with Crippen molar-refractivity contribution in [2.75, 3.05) is 18.5 Å². The van der Waals surface area contributed by atoms with E-state index in [9.17, 15) is 4.79 Å². The number of carbonyl (C=O) groups is 1. The Hall–Kier alpha value is -0.0900. The van der Waals surface area contributed by atoms with Gasteiger partial charge in [-0.05, 0) is 45.4 Å². The molecule has 0 N–H and O–H groups in total. The van der Waals surface area contributed by atoms with Gasteiger partial charge in [0.25, 0.3) is 5.91 Å². The molecule has 1 saturated carbocycles. The molecule has 0 radical (unpaired) electrons. The van der Waals surface area contributed by atoms with Gasteiger partial charge in [0, 0.05) is 24.5 Å². The average Bonchev–Trinajstić information content (AvgIpc) is 2.69. The highest BCUT2D eigenvalue weighted by Gasteiger charge is 2.43. The van der Waals surface area contributed by atoms with Crippen molar-refractivity contribution in [3.05, 3.63) is 0 Å². The van der Waals surface area contributed by atoms with Gasteiger partial charge in [0.2, 0.25) is 0 Å². The Balaban J connectivity index is 2.00. The van der Waals surface area contributed by atoms with Crippen LogP contribution in [0.15, 0.2) is 0 Å². The number of amides is 1. The SMILES string of the molecule is CC1(C(=O)N(CCCBr)C2CCC2)CCCO1. The summed E-state index contributed by atoms with van der Waals surface area (Å²) in [6.45, 7) is 3.56. The van der Waals surface area contributed by atoms with Crippen LogP contribution in [0.3, 0.4) is 0 Å². The monoisotopic (exact) mass is 303 g/mol. The van der Waals surface area contributed by atoms with Gasteiger partial charge in [0.05, 0.1) is 0 Å². The minimum Gasteiger partial charge on any atom is -0.365 e. The molecule has 0 spiro atoms. The summed E-state index contributed by atoms with van der Waals surface area (Å²) in [6.07, 6.45) is 6.52. The van der Waals surface area contributed by atoms with Crippen LogP contribution in [0.5, 0.6) is 0 Å². The molecule has 1 aliphatic heterocycles. The van der Waals surface area contributed by atoms with Gasteiger partial charge in [-0.3, -0.25) is 4.79 Å². The maximum absolute atomic E-state index is 12.6. The number of halogens is 1. The van der Waals surface area contributed by atoms with E-state index in [1.54, 1.807) is 0 Å². The summed E-state index contributed by atoms with van der Waals surface area (Å²) in [5.74, 6) is 0.223. The van der Waals surface area contributed by atoms with Gasteiger partial charge in [0.15, 0.2) is 0 Å². The molecule has 2 fully saturated rings.